The largest absolute Gasteiger partial charge is 0.469 e. The van der Waals surface area contributed by atoms with Crippen LogP contribution in [0.1, 0.15) is 17.5 Å². The van der Waals surface area contributed by atoms with Gasteiger partial charge in [0.15, 0.2) is 11.4 Å². The molecule has 0 bridgehead atoms. The van der Waals surface area contributed by atoms with Crippen molar-refractivity contribution in [3.63, 3.8) is 0 Å². The SMILES string of the molecule is [C-]#[N+]c1nn2c(c1S(C)=O)NC(CC(=O)OC)(C(=O)NC)c1cc(C(F)(F)F)cc(Cl)c1-2. The summed E-state index contributed by atoms with van der Waals surface area (Å²) in [6.45, 7) is 7.33. The number of likely N-dealkylation sites (N-methyl/N-ethyl adjacent to an activating group) is 1. The number of benzene rings is 1. The maximum absolute atomic E-state index is 13.6. The summed E-state index contributed by atoms with van der Waals surface area (Å²) < 4.78 is 58.7. The van der Waals surface area contributed by atoms with Crippen molar-refractivity contribution in [2.75, 3.05) is 25.7 Å². The predicted molar refractivity (Wildman–Crippen MR) is 108 cm³/mol. The van der Waals surface area contributed by atoms with Crippen molar-refractivity contribution in [1.29, 1.82) is 0 Å². The molecule has 170 valence electrons. The van der Waals surface area contributed by atoms with Gasteiger partial charge in [0.1, 0.15) is 10.6 Å². The molecular weight excluding hydrogens is 475 g/mol. The molecule has 0 spiro atoms. The second kappa shape index (κ2) is 8.10. The summed E-state index contributed by atoms with van der Waals surface area (Å²) in [5.41, 5.74) is -3.78. The van der Waals surface area contributed by atoms with Crippen molar-refractivity contribution in [2.24, 2.45) is 0 Å². The van der Waals surface area contributed by atoms with E-state index in [-0.39, 0.29) is 27.8 Å². The smallest absolute Gasteiger partial charge is 0.416 e. The van der Waals surface area contributed by atoms with Gasteiger partial charge in [-0.1, -0.05) is 18.2 Å². The van der Waals surface area contributed by atoms with E-state index in [1.807, 2.05) is 0 Å². The Kier molecular flexibility index (Phi) is 5.96. The molecule has 0 aliphatic carbocycles. The number of carbonyl (C=O) groups excluding carboxylic acids is 2. The van der Waals surface area contributed by atoms with Crippen molar-refractivity contribution >= 4 is 45.9 Å². The summed E-state index contributed by atoms with van der Waals surface area (Å²) in [4.78, 5) is 28.4. The monoisotopic (exact) mass is 489 g/mol. The number of amides is 1. The zero-order chi connectivity index (χ0) is 24.0. The van der Waals surface area contributed by atoms with Gasteiger partial charge in [0.2, 0.25) is 0 Å². The number of rotatable bonds is 4. The molecule has 1 aromatic carbocycles. The first-order valence-electron chi connectivity index (χ1n) is 8.74. The summed E-state index contributed by atoms with van der Waals surface area (Å²) in [6, 6.07) is 1.32. The number of ether oxygens (including phenoxy) is 1. The van der Waals surface area contributed by atoms with Crippen LogP contribution in [0.2, 0.25) is 5.02 Å². The second-order valence-corrected chi connectivity index (χ2v) is 8.42. The van der Waals surface area contributed by atoms with Crippen molar-refractivity contribution in [1.82, 2.24) is 15.1 Å². The fraction of sp³-hybridized carbons (Fsp3) is 0.333. The zero-order valence-electron chi connectivity index (χ0n) is 16.8. The van der Waals surface area contributed by atoms with Crippen LogP contribution in [0.15, 0.2) is 17.0 Å². The molecule has 0 fully saturated rings. The number of halogens is 4. The summed E-state index contributed by atoms with van der Waals surface area (Å²) in [7, 11) is 0.488. The number of anilines is 1. The van der Waals surface area contributed by atoms with Crippen LogP contribution in [-0.2, 0) is 36.8 Å². The third-order valence-corrected chi connectivity index (χ3v) is 6.10. The molecule has 0 saturated carbocycles. The van der Waals surface area contributed by atoms with E-state index in [0.29, 0.717) is 12.1 Å². The first-order valence-corrected chi connectivity index (χ1v) is 10.7. The van der Waals surface area contributed by atoms with E-state index >= 15 is 0 Å². The Labute approximate surface area is 187 Å². The molecule has 0 saturated heterocycles. The minimum atomic E-state index is -4.82. The second-order valence-electron chi connectivity index (χ2n) is 6.69. The Balaban J connectivity index is 2.51. The van der Waals surface area contributed by atoms with Gasteiger partial charge in [-0.05, 0) is 17.2 Å². The molecule has 2 heterocycles. The zero-order valence-corrected chi connectivity index (χ0v) is 18.3. The highest BCUT2D eigenvalue weighted by atomic mass is 35.5. The van der Waals surface area contributed by atoms with Crippen molar-refractivity contribution in [3.8, 4) is 5.69 Å². The highest BCUT2D eigenvalue weighted by molar-refractivity contribution is 7.84. The van der Waals surface area contributed by atoms with Gasteiger partial charge in [0, 0.05) is 29.7 Å². The van der Waals surface area contributed by atoms with E-state index < -0.39 is 51.4 Å². The van der Waals surface area contributed by atoms with Crippen LogP contribution in [0.5, 0.6) is 0 Å². The Morgan fingerprint density at radius 3 is 2.59 bits per heavy atom. The van der Waals surface area contributed by atoms with Crippen LogP contribution in [0.3, 0.4) is 0 Å². The molecule has 32 heavy (non-hydrogen) atoms. The molecule has 3 rings (SSSR count). The molecule has 2 atom stereocenters. The van der Waals surface area contributed by atoms with E-state index in [9.17, 15) is 27.0 Å². The van der Waals surface area contributed by atoms with Gasteiger partial charge in [-0.2, -0.15) is 13.2 Å². The lowest BCUT2D eigenvalue weighted by molar-refractivity contribution is -0.144. The quantitative estimate of drug-likeness (QED) is 0.505. The normalized spacial score (nSPS) is 17.9. The number of nitrogens with zero attached hydrogens (tertiary/aromatic N) is 3. The Morgan fingerprint density at radius 2 is 2.09 bits per heavy atom. The average molecular weight is 490 g/mol. The van der Waals surface area contributed by atoms with Crippen LogP contribution >= 0.6 is 11.6 Å². The van der Waals surface area contributed by atoms with Crippen molar-refractivity contribution < 1.29 is 31.7 Å². The van der Waals surface area contributed by atoms with Gasteiger partial charge in [-0.25, -0.2) is 0 Å². The highest BCUT2D eigenvalue weighted by Crippen LogP contribution is 2.48. The number of nitrogens with one attached hydrogen (secondary N) is 2. The Bertz CT molecular complexity index is 1210. The lowest BCUT2D eigenvalue weighted by Gasteiger charge is -2.38. The third kappa shape index (κ3) is 3.59. The molecular formula is C18H15ClF3N5O4S. The van der Waals surface area contributed by atoms with Gasteiger partial charge >= 0.3 is 18.0 Å². The maximum Gasteiger partial charge on any atom is 0.416 e. The Morgan fingerprint density at radius 1 is 1.44 bits per heavy atom. The van der Waals surface area contributed by atoms with Crippen LogP contribution in [0, 0.1) is 6.57 Å². The number of alkyl halides is 3. The molecule has 2 aromatic rings. The molecule has 14 heteroatoms. The van der Waals surface area contributed by atoms with E-state index in [1.54, 1.807) is 0 Å². The summed E-state index contributed by atoms with van der Waals surface area (Å²) in [5.74, 6) is -2.22. The predicted octanol–water partition coefficient (Wildman–Crippen LogP) is 2.76. The molecule has 2 N–H and O–H groups in total. The maximum atomic E-state index is 13.6. The number of carbonyl (C=O) groups is 2. The first-order chi connectivity index (χ1) is 14.9. The van der Waals surface area contributed by atoms with Gasteiger partial charge < -0.3 is 20.2 Å². The number of esters is 1. The third-order valence-electron chi connectivity index (χ3n) is 4.86. The molecule has 9 nitrogen and oxygen atoms in total. The first kappa shape index (κ1) is 23.6. The number of aromatic nitrogens is 2. The molecule has 1 aromatic heterocycles. The van der Waals surface area contributed by atoms with Crippen molar-refractivity contribution in [2.45, 2.75) is 23.0 Å². The fourth-order valence-corrected chi connectivity index (χ4v) is 4.53. The standard InChI is InChI=1S/C18H15ClF3N5O4S/c1-23-14-13(32(4)30)15-25-17(16(29)24-2,7-11(28)31-3)9-5-8(18(20,21)22)6-10(19)12(9)27(15)26-14/h5-6,25H,7H2,2-4H3,(H,24,29). The number of hydrogen-bond acceptors (Lipinski definition) is 6. The summed E-state index contributed by atoms with van der Waals surface area (Å²) >= 11 is 6.22. The Hall–Kier alpha value is -3.11. The number of hydrogen-bond donors (Lipinski definition) is 2. The number of methoxy groups -OCH3 is 1. The lowest BCUT2D eigenvalue weighted by Crippen LogP contribution is -2.53. The van der Waals surface area contributed by atoms with Crippen LogP contribution < -0.4 is 10.6 Å². The van der Waals surface area contributed by atoms with Gasteiger partial charge in [-0.3, -0.25) is 13.8 Å². The van der Waals surface area contributed by atoms with E-state index in [2.05, 4.69) is 25.3 Å². The lowest BCUT2D eigenvalue weighted by atomic mass is 9.82. The summed E-state index contributed by atoms with van der Waals surface area (Å²) in [6.07, 6.45) is -4.29. The van der Waals surface area contributed by atoms with Crippen LogP contribution in [0.4, 0.5) is 24.8 Å². The van der Waals surface area contributed by atoms with Gasteiger partial charge in [0.25, 0.3) is 5.91 Å². The van der Waals surface area contributed by atoms with E-state index in [4.69, 9.17) is 18.2 Å². The molecule has 0 radical (unpaired) electrons. The van der Waals surface area contributed by atoms with Gasteiger partial charge in [0.05, 0.1) is 24.1 Å². The topological polar surface area (TPSA) is 107 Å². The van der Waals surface area contributed by atoms with Crippen molar-refractivity contribution in [3.05, 3.63) is 39.7 Å². The number of fused-ring (bicyclic) bond motifs is 3. The molecule has 2 unspecified atom stereocenters. The van der Waals surface area contributed by atoms with E-state index in [1.165, 1.54) is 13.3 Å². The van der Waals surface area contributed by atoms with E-state index in [0.717, 1.165) is 11.8 Å². The highest BCUT2D eigenvalue weighted by Gasteiger charge is 2.51. The average Bonchev–Trinajstić information content (AvgIpc) is 3.10. The van der Waals surface area contributed by atoms with Crippen LogP contribution in [0.25, 0.3) is 10.5 Å². The minimum Gasteiger partial charge on any atom is -0.469 e. The van der Waals surface area contributed by atoms with Gasteiger partial charge in [-0.15, -0.1) is 4.68 Å². The molecule has 1 amide bonds. The minimum absolute atomic E-state index is 0.0974. The van der Waals surface area contributed by atoms with Crippen LogP contribution in [-0.4, -0.2) is 46.3 Å². The fourth-order valence-electron chi connectivity index (χ4n) is 3.48. The molecule has 1 aliphatic rings. The molecule has 1 aliphatic heterocycles. The summed E-state index contributed by atoms with van der Waals surface area (Å²) in [5, 5.41) is 8.63.